The lowest BCUT2D eigenvalue weighted by molar-refractivity contribution is -0.121. The van der Waals surface area contributed by atoms with Gasteiger partial charge in [-0.25, -0.2) is 0 Å². The first-order chi connectivity index (χ1) is 7.24. The highest BCUT2D eigenvalue weighted by atomic mass is 16.1. The number of rotatable bonds is 5. The average Bonchev–Trinajstić information content (AvgIpc) is 2.89. The van der Waals surface area contributed by atoms with E-state index >= 15 is 0 Å². The van der Waals surface area contributed by atoms with Crippen molar-refractivity contribution in [2.75, 3.05) is 6.54 Å². The Labute approximate surface area is 89.1 Å². The molecule has 0 radical (unpaired) electrons. The summed E-state index contributed by atoms with van der Waals surface area (Å²) in [4.78, 5) is 22.2. The zero-order valence-corrected chi connectivity index (χ0v) is 8.71. The molecule has 0 bridgehead atoms. The third-order valence-electron chi connectivity index (χ3n) is 2.62. The molecule has 82 valence electrons. The summed E-state index contributed by atoms with van der Waals surface area (Å²) in [5.74, 6) is 0.287. The van der Waals surface area contributed by atoms with Crippen LogP contribution < -0.4 is 10.6 Å². The molecule has 0 heterocycles. The van der Waals surface area contributed by atoms with Crippen molar-refractivity contribution in [2.45, 2.75) is 38.1 Å². The number of ketones is 1. The van der Waals surface area contributed by atoms with Crippen molar-refractivity contribution in [3.63, 3.8) is 0 Å². The van der Waals surface area contributed by atoms with Gasteiger partial charge in [0, 0.05) is 37.2 Å². The van der Waals surface area contributed by atoms with Gasteiger partial charge in [0.1, 0.15) is 0 Å². The Bertz CT molecular complexity index is 306. The Kier molecular flexibility index (Phi) is 3.04. The largest absolute Gasteiger partial charge is 0.388 e. The van der Waals surface area contributed by atoms with E-state index in [1.165, 1.54) is 0 Å². The normalized spacial score (nSPS) is 20.0. The van der Waals surface area contributed by atoms with Crippen LogP contribution in [0.4, 0.5) is 0 Å². The minimum absolute atomic E-state index is 0.106. The quantitative estimate of drug-likeness (QED) is 0.691. The van der Waals surface area contributed by atoms with E-state index in [-0.39, 0.29) is 11.7 Å². The number of amides is 1. The molecule has 2 aliphatic carbocycles. The molecule has 1 fully saturated rings. The summed E-state index contributed by atoms with van der Waals surface area (Å²) in [6.45, 7) is 0.623. The monoisotopic (exact) mass is 208 g/mol. The van der Waals surface area contributed by atoms with Crippen LogP contribution in [0.15, 0.2) is 11.8 Å². The maximum Gasteiger partial charge on any atom is 0.221 e. The van der Waals surface area contributed by atoms with E-state index < -0.39 is 0 Å². The van der Waals surface area contributed by atoms with Crippen LogP contribution in [0.25, 0.3) is 0 Å². The summed E-state index contributed by atoms with van der Waals surface area (Å²) in [6, 6.07) is 0.435. The summed E-state index contributed by atoms with van der Waals surface area (Å²) in [5, 5.41) is 6.04. The van der Waals surface area contributed by atoms with Gasteiger partial charge in [-0.1, -0.05) is 0 Å². The number of carbonyl (C=O) groups excluding carboxylic acids is 2. The minimum atomic E-state index is 0.106. The lowest BCUT2D eigenvalue weighted by Gasteiger charge is -2.06. The zero-order valence-electron chi connectivity index (χ0n) is 8.71. The first-order valence-electron chi connectivity index (χ1n) is 5.50. The Morgan fingerprint density at radius 2 is 2.20 bits per heavy atom. The third kappa shape index (κ3) is 3.38. The number of hydrogen-bond acceptors (Lipinski definition) is 3. The number of allylic oxidation sites excluding steroid dienone is 2. The first kappa shape index (κ1) is 10.2. The fraction of sp³-hybridized carbons (Fsp3) is 0.636. The van der Waals surface area contributed by atoms with Gasteiger partial charge >= 0.3 is 0 Å². The summed E-state index contributed by atoms with van der Waals surface area (Å²) in [7, 11) is 0. The Morgan fingerprint density at radius 1 is 1.40 bits per heavy atom. The van der Waals surface area contributed by atoms with Crippen LogP contribution in [0.3, 0.4) is 0 Å². The number of carbonyl (C=O) groups is 2. The highest BCUT2D eigenvalue weighted by molar-refractivity contribution is 5.92. The van der Waals surface area contributed by atoms with Gasteiger partial charge in [0.2, 0.25) is 5.91 Å². The average molecular weight is 208 g/mol. The predicted octanol–water partition coefficient (Wildman–Crippen LogP) is 0.491. The molecule has 2 N–H and O–H groups in total. The topological polar surface area (TPSA) is 58.2 Å². The summed E-state index contributed by atoms with van der Waals surface area (Å²) < 4.78 is 0. The van der Waals surface area contributed by atoms with Crippen LogP contribution in [-0.4, -0.2) is 24.3 Å². The van der Waals surface area contributed by atoms with E-state index in [9.17, 15) is 9.59 Å². The van der Waals surface area contributed by atoms with Crippen LogP contribution in [0.2, 0.25) is 0 Å². The Hall–Kier alpha value is -1.32. The predicted molar refractivity (Wildman–Crippen MR) is 56.1 cm³/mol. The molecule has 0 aromatic heterocycles. The van der Waals surface area contributed by atoms with Crippen molar-refractivity contribution in [3.8, 4) is 0 Å². The third-order valence-corrected chi connectivity index (χ3v) is 2.62. The van der Waals surface area contributed by atoms with Crippen molar-refractivity contribution >= 4 is 11.7 Å². The molecule has 1 amide bonds. The molecule has 0 atom stereocenters. The molecule has 0 aromatic carbocycles. The van der Waals surface area contributed by atoms with Gasteiger partial charge in [0.25, 0.3) is 0 Å². The lowest BCUT2D eigenvalue weighted by Crippen LogP contribution is -2.28. The van der Waals surface area contributed by atoms with Crippen molar-refractivity contribution < 1.29 is 9.59 Å². The second-order valence-corrected chi connectivity index (χ2v) is 4.15. The van der Waals surface area contributed by atoms with E-state index in [0.717, 1.165) is 25.0 Å². The van der Waals surface area contributed by atoms with Crippen LogP contribution in [0, 0.1) is 0 Å². The van der Waals surface area contributed by atoms with Gasteiger partial charge in [-0.05, 0) is 19.3 Å². The van der Waals surface area contributed by atoms with Gasteiger partial charge in [-0.15, -0.1) is 0 Å². The van der Waals surface area contributed by atoms with Crippen molar-refractivity contribution in [1.82, 2.24) is 10.6 Å². The second-order valence-electron chi connectivity index (χ2n) is 4.15. The zero-order chi connectivity index (χ0) is 10.7. The second kappa shape index (κ2) is 4.47. The molecule has 4 heteroatoms. The number of hydrogen-bond donors (Lipinski definition) is 2. The fourth-order valence-electron chi connectivity index (χ4n) is 1.60. The van der Waals surface area contributed by atoms with Crippen molar-refractivity contribution in [2.24, 2.45) is 0 Å². The molecule has 4 nitrogen and oxygen atoms in total. The highest BCUT2D eigenvalue weighted by Gasteiger charge is 2.22. The molecule has 0 aromatic rings. The summed E-state index contributed by atoms with van der Waals surface area (Å²) >= 11 is 0. The molecule has 0 aliphatic heterocycles. The van der Waals surface area contributed by atoms with Crippen LogP contribution >= 0.6 is 0 Å². The lowest BCUT2D eigenvalue weighted by atomic mass is 10.3. The van der Waals surface area contributed by atoms with Gasteiger partial charge in [-0.3, -0.25) is 9.59 Å². The summed E-state index contributed by atoms with van der Waals surface area (Å²) in [6.07, 6.45) is 5.78. The molecule has 0 unspecified atom stereocenters. The SMILES string of the molecule is O=C1C=C(NCCC(=O)NC2CC2)CC1. The molecular weight excluding hydrogens is 192 g/mol. The van der Waals surface area contributed by atoms with E-state index in [1.807, 2.05) is 0 Å². The van der Waals surface area contributed by atoms with E-state index in [2.05, 4.69) is 10.6 Å². The van der Waals surface area contributed by atoms with Crippen molar-refractivity contribution in [1.29, 1.82) is 0 Å². The van der Waals surface area contributed by atoms with Gasteiger partial charge < -0.3 is 10.6 Å². The van der Waals surface area contributed by atoms with Gasteiger partial charge in [0.15, 0.2) is 5.78 Å². The molecule has 1 saturated carbocycles. The van der Waals surface area contributed by atoms with E-state index in [0.29, 0.717) is 25.4 Å². The molecular formula is C11H16N2O2. The Morgan fingerprint density at radius 3 is 2.80 bits per heavy atom. The molecule has 0 saturated heterocycles. The van der Waals surface area contributed by atoms with Crippen LogP contribution in [0.1, 0.15) is 32.1 Å². The molecule has 0 spiro atoms. The standard InChI is InChI=1S/C11H16N2O2/c14-10-4-3-9(7-10)12-6-5-11(15)13-8-1-2-8/h7-8,12H,1-6H2,(H,13,15). The first-order valence-corrected chi connectivity index (χ1v) is 5.50. The van der Waals surface area contributed by atoms with Crippen LogP contribution in [-0.2, 0) is 9.59 Å². The van der Waals surface area contributed by atoms with Crippen molar-refractivity contribution in [3.05, 3.63) is 11.8 Å². The van der Waals surface area contributed by atoms with E-state index in [4.69, 9.17) is 0 Å². The number of nitrogens with one attached hydrogen (secondary N) is 2. The Balaban J connectivity index is 1.59. The molecule has 2 aliphatic rings. The van der Waals surface area contributed by atoms with Crippen LogP contribution in [0.5, 0.6) is 0 Å². The maximum atomic E-state index is 11.3. The fourth-order valence-corrected chi connectivity index (χ4v) is 1.60. The highest BCUT2D eigenvalue weighted by Crippen LogP contribution is 2.18. The van der Waals surface area contributed by atoms with E-state index in [1.54, 1.807) is 6.08 Å². The molecule has 2 rings (SSSR count). The van der Waals surface area contributed by atoms with Gasteiger partial charge in [0.05, 0.1) is 0 Å². The maximum absolute atomic E-state index is 11.3. The minimum Gasteiger partial charge on any atom is -0.388 e. The van der Waals surface area contributed by atoms with Gasteiger partial charge in [-0.2, -0.15) is 0 Å². The summed E-state index contributed by atoms with van der Waals surface area (Å²) in [5.41, 5.74) is 0.972. The smallest absolute Gasteiger partial charge is 0.221 e. The molecule has 15 heavy (non-hydrogen) atoms.